The third-order valence-electron chi connectivity index (χ3n) is 4.35. The first-order valence-electron chi connectivity index (χ1n) is 8.43. The van der Waals surface area contributed by atoms with Crippen LogP contribution in [0.1, 0.15) is 31.1 Å². The monoisotopic (exact) mass is 343 g/mol. The number of para-hydroxylation sites is 1. The third kappa shape index (κ3) is 4.24. The number of aliphatic hydroxyl groups is 1. The number of aliphatic hydroxyl groups excluding tert-OH is 1. The summed E-state index contributed by atoms with van der Waals surface area (Å²) in [6.45, 7) is 4.96. The van der Waals surface area contributed by atoms with E-state index in [2.05, 4.69) is 19.2 Å². The molecular formula is C20H25NO4. The fraction of sp³-hybridized carbons (Fsp3) is 0.400. The highest BCUT2D eigenvalue weighted by Gasteiger charge is 2.22. The van der Waals surface area contributed by atoms with E-state index >= 15 is 0 Å². The van der Waals surface area contributed by atoms with E-state index in [1.54, 1.807) is 7.11 Å². The van der Waals surface area contributed by atoms with Gasteiger partial charge in [0.1, 0.15) is 5.75 Å². The molecule has 3 rings (SSSR count). The number of nitrogens with one attached hydrogen (secondary N) is 1. The third-order valence-corrected chi connectivity index (χ3v) is 4.35. The molecule has 2 N–H and O–H groups in total. The summed E-state index contributed by atoms with van der Waals surface area (Å²) in [6, 6.07) is 13.5. The number of benzene rings is 2. The first kappa shape index (κ1) is 17.6. The second-order valence-corrected chi connectivity index (χ2v) is 6.89. The lowest BCUT2D eigenvalue weighted by Gasteiger charge is -2.28. The van der Waals surface area contributed by atoms with E-state index in [0.717, 1.165) is 29.0 Å². The zero-order valence-electron chi connectivity index (χ0n) is 14.9. The molecule has 0 saturated carbocycles. The lowest BCUT2D eigenvalue weighted by Crippen LogP contribution is -2.43. The van der Waals surface area contributed by atoms with Crippen molar-refractivity contribution in [3.8, 4) is 17.2 Å². The maximum atomic E-state index is 10.5. The standard InChI is InChI=1S/C20H25NO4/c1-20(2,11-14-8-9-18-19(10-14)25-13-24-18)21-12-16(22)15-6-4-5-7-17(15)23-3/h4-10,16,21-22H,11-13H2,1-3H3. The summed E-state index contributed by atoms with van der Waals surface area (Å²) in [6.07, 6.45) is 0.176. The van der Waals surface area contributed by atoms with Gasteiger partial charge in [0.2, 0.25) is 6.79 Å². The van der Waals surface area contributed by atoms with Gasteiger partial charge in [-0.25, -0.2) is 0 Å². The van der Waals surface area contributed by atoms with Crippen LogP contribution in [-0.2, 0) is 6.42 Å². The van der Waals surface area contributed by atoms with Crippen molar-refractivity contribution < 1.29 is 19.3 Å². The Bertz CT molecular complexity index is 729. The maximum Gasteiger partial charge on any atom is 0.231 e. The number of methoxy groups -OCH3 is 1. The van der Waals surface area contributed by atoms with E-state index < -0.39 is 6.10 Å². The van der Waals surface area contributed by atoms with Gasteiger partial charge in [-0.15, -0.1) is 0 Å². The molecule has 2 aromatic carbocycles. The second-order valence-electron chi connectivity index (χ2n) is 6.89. The van der Waals surface area contributed by atoms with E-state index in [4.69, 9.17) is 14.2 Å². The van der Waals surface area contributed by atoms with Crippen molar-refractivity contribution in [2.45, 2.75) is 31.9 Å². The Kier molecular flexibility index (Phi) is 5.16. The average Bonchev–Trinajstić information content (AvgIpc) is 3.07. The highest BCUT2D eigenvalue weighted by Crippen LogP contribution is 2.33. The smallest absolute Gasteiger partial charge is 0.231 e. The molecule has 1 atom stereocenters. The van der Waals surface area contributed by atoms with Gasteiger partial charge >= 0.3 is 0 Å². The molecule has 0 spiro atoms. The Hall–Kier alpha value is -2.24. The van der Waals surface area contributed by atoms with Crippen molar-refractivity contribution >= 4 is 0 Å². The fourth-order valence-corrected chi connectivity index (χ4v) is 3.05. The minimum absolute atomic E-state index is 0.184. The van der Waals surface area contributed by atoms with Gasteiger partial charge in [-0.3, -0.25) is 0 Å². The van der Waals surface area contributed by atoms with E-state index in [9.17, 15) is 5.11 Å². The minimum atomic E-state index is -0.632. The van der Waals surface area contributed by atoms with Gasteiger partial charge in [0, 0.05) is 17.6 Å². The SMILES string of the molecule is COc1ccccc1C(O)CNC(C)(C)Cc1ccc2c(c1)OCO2. The minimum Gasteiger partial charge on any atom is -0.496 e. The van der Waals surface area contributed by atoms with Gasteiger partial charge in [0.05, 0.1) is 13.2 Å². The van der Waals surface area contributed by atoms with Crippen LogP contribution in [0.3, 0.4) is 0 Å². The van der Waals surface area contributed by atoms with Crippen LogP contribution in [0.4, 0.5) is 0 Å². The Morgan fingerprint density at radius 3 is 2.72 bits per heavy atom. The fourth-order valence-electron chi connectivity index (χ4n) is 3.05. The van der Waals surface area contributed by atoms with E-state index in [-0.39, 0.29) is 12.3 Å². The molecule has 1 heterocycles. The average molecular weight is 343 g/mol. The van der Waals surface area contributed by atoms with Crippen LogP contribution in [-0.4, -0.2) is 31.1 Å². The molecule has 0 saturated heterocycles. The first-order valence-corrected chi connectivity index (χ1v) is 8.43. The molecule has 0 aromatic heterocycles. The molecule has 0 fully saturated rings. The molecule has 25 heavy (non-hydrogen) atoms. The molecule has 0 amide bonds. The van der Waals surface area contributed by atoms with Crippen molar-refractivity contribution in [1.29, 1.82) is 0 Å². The summed E-state index contributed by atoms with van der Waals surface area (Å²) in [5.74, 6) is 2.29. The summed E-state index contributed by atoms with van der Waals surface area (Å²) in [7, 11) is 1.61. The van der Waals surface area contributed by atoms with Gasteiger partial charge in [-0.1, -0.05) is 24.3 Å². The lowest BCUT2D eigenvalue weighted by atomic mass is 9.94. The Morgan fingerprint density at radius 1 is 1.16 bits per heavy atom. The number of ether oxygens (including phenoxy) is 3. The predicted molar refractivity (Wildman–Crippen MR) is 96.3 cm³/mol. The molecule has 0 aliphatic carbocycles. The molecule has 134 valence electrons. The molecule has 1 unspecified atom stereocenters. The van der Waals surface area contributed by atoms with Crippen LogP contribution in [0.15, 0.2) is 42.5 Å². The van der Waals surface area contributed by atoms with Gasteiger partial charge in [-0.05, 0) is 44.0 Å². The Labute approximate surface area is 148 Å². The van der Waals surface area contributed by atoms with Crippen molar-refractivity contribution in [3.63, 3.8) is 0 Å². The van der Waals surface area contributed by atoms with Crippen LogP contribution in [0.2, 0.25) is 0 Å². The van der Waals surface area contributed by atoms with Crippen molar-refractivity contribution in [2.75, 3.05) is 20.4 Å². The van der Waals surface area contributed by atoms with Gasteiger partial charge in [0.15, 0.2) is 11.5 Å². The predicted octanol–water partition coefficient (Wildman–Crippen LogP) is 3.07. The molecule has 0 bridgehead atoms. The summed E-state index contributed by atoms with van der Waals surface area (Å²) >= 11 is 0. The number of hydrogen-bond donors (Lipinski definition) is 2. The molecule has 5 heteroatoms. The summed E-state index contributed by atoms with van der Waals surface area (Å²) < 4.78 is 16.1. The zero-order valence-corrected chi connectivity index (χ0v) is 14.9. The normalized spacial score (nSPS) is 14.4. The van der Waals surface area contributed by atoms with Gasteiger partial charge in [0.25, 0.3) is 0 Å². The number of rotatable bonds is 7. The van der Waals surface area contributed by atoms with Gasteiger partial charge in [-0.2, -0.15) is 0 Å². The van der Waals surface area contributed by atoms with Crippen molar-refractivity contribution in [3.05, 3.63) is 53.6 Å². The van der Waals surface area contributed by atoms with Crippen LogP contribution >= 0.6 is 0 Å². The summed E-state index contributed by atoms with van der Waals surface area (Å²) in [4.78, 5) is 0. The van der Waals surface area contributed by atoms with E-state index in [1.165, 1.54) is 0 Å². The van der Waals surface area contributed by atoms with Crippen molar-refractivity contribution in [2.24, 2.45) is 0 Å². The molecule has 1 aliphatic heterocycles. The van der Waals surface area contributed by atoms with E-state index in [1.807, 2.05) is 42.5 Å². The van der Waals surface area contributed by atoms with Gasteiger partial charge < -0.3 is 24.6 Å². The Morgan fingerprint density at radius 2 is 1.92 bits per heavy atom. The van der Waals surface area contributed by atoms with Crippen molar-refractivity contribution in [1.82, 2.24) is 5.32 Å². The Balaban J connectivity index is 1.61. The highest BCUT2D eigenvalue weighted by molar-refractivity contribution is 5.44. The lowest BCUT2D eigenvalue weighted by molar-refractivity contribution is 0.157. The molecular weight excluding hydrogens is 318 g/mol. The second kappa shape index (κ2) is 7.33. The first-order chi connectivity index (χ1) is 12.0. The molecule has 0 radical (unpaired) electrons. The van der Waals surface area contributed by atoms with Crippen LogP contribution in [0.25, 0.3) is 0 Å². The molecule has 2 aromatic rings. The number of hydrogen-bond acceptors (Lipinski definition) is 5. The topological polar surface area (TPSA) is 60.0 Å². The van der Waals surface area contributed by atoms with Crippen LogP contribution in [0.5, 0.6) is 17.2 Å². The van der Waals surface area contributed by atoms with E-state index in [0.29, 0.717) is 12.3 Å². The summed E-state index contributed by atoms with van der Waals surface area (Å²) in [5, 5.41) is 14.0. The quantitative estimate of drug-likeness (QED) is 0.809. The largest absolute Gasteiger partial charge is 0.496 e. The summed E-state index contributed by atoms with van der Waals surface area (Å²) in [5.41, 5.74) is 1.77. The number of β-amino-alcohol motifs (C(OH)–C–C–N with tert-alkyl or cyclic N) is 1. The molecule has 5 nitrogen and oxygen atoms in total. The maximum absolute atomic E-state index is 10.5. The van der Waals surface area contributed by atoms with Crippen LogP contribution in [0, 0.1) is 0 Å². The zero-order chi connectivity index (χ0) is 17.9. The van der Waals surface area contributed by atoms with Crippen LogP contribution < -0.4 is 19.5 Å². The number of fused-ring (bicyclic) bond motifs is 1. The highest BCUT2D eigenvalue weighted by atomic mass is 16.7. The molecule has 1 aliphatic rings.